The van der Waals surface area contributed by atoms with Crippen LogP contribution >= 0.6 is 62.6 Å². The molecule has 0 aliphatic heterocycles. The van der Waals surface area contributed by atoms with Crippen LogP contribution in [-0.4, -0.2) is 24.5 Å². The maximum Gasteiger partial charge on any atom is 0.191 e. The van der Waals surface area contributed by atoms with Crippen LogP contribution in [0.3, 0.4) is 0 Å². The predicted molar refractivity (Wildman–Crippen MR) is 111 cm³/mol. The van der Waals surface area contributed by atoms with Crippen molar-refractivity contribution in [2.75, 3.05) is 13.6 Å². The van der Waals surface area contributed by atoms with E-state index >= 15 is 0 Å². The van der Waals surface area contributed by atoms with Crippen LogP contribution in [0, 0.1) is 0 Å². The first-order chi connectivity index (χ1) is 10.2. The molecule has 122 valence electrons. The number of halogens is 2. The summed E-state index contributed by atoms with van der Waals surface area (Å²) in [6.07, 6.45) is 3.99. The molecule has 2 N–H and O–H groups in total. The van der Waals surface area contributed by atoms with E-state index in [9.17, 15) is 0 Å². The molecular formula is C14H20BrIN4S2. The van der Waals surface area contributed by atoms with E-state index in [4.69, 9.17) is 0 Å². The third kappa shape index (κ3) is 6.51. The van der Waals surface area contributed by atoms with Gasteiger partial charge in [-0.15, -0.1) is 46.7 Å². The summed E-state index contributed by atoms with van der Waals surface area (Å²) in [7, 11) is 1.79. The minimum Gasteiger partial charge on any atom is -0.356 e. The molecule has 8 heteroatoms. The lowest BCUT2D eigenvalue weighted by molar-refractivity contribution is 0.796. The highest BCUT2D eigenvalue weighted by Gasteiger charge is 2.03. The monoisotopic (exact) mass is 514 g/mol. The number of rotatable bonds is 6. The number of hydrogen-bond donors (Lipinski definition) is 2. The van der Waals surface area contributed by atoms with Gasteiger partial charge in [-0.05, 0) is 40.9 Å². The molecule has 0 saturated heterocycles. The molecule has 0 aliphatic carbocycles. The standard InChI is InChI=1S/C14H19BrN4S2.HI/c1-3-10-8-18-13(21-10)9-19-14(16-2)17-7-6-11-4-5-12(15)20-11;/h4-5,8H,3,6-7,9H2,1-2H3,(H2,16,17,19);1H. The van der Waals surface area contributed by atoms with E-state index in [1.54, 1.807) is 29.7 Å². The molecule has 0 bridgehead atoms. The van der Waals surface area contributed by atoms with Crippen molar-refractivity contribution in [2.24, 2.45) is 4.99 Å². The Labute approximate surface area is 165 Å². The number of aliphatic imine (C=N–C) groups is 1. The SMILES string of the molecule is CCc1cnc(CNC(=NC)NCCc2ccc(Br)s2)s1.I. The number of aromatic nitrogens is 1. The maximum atomic E-state index is 4.39. The van der Waals surface area contributed by atoms with Crippen molar-refractivity contribution in [1.29, 1.82) is 0 Å². The second-order valence-corrected chi connectivity index (χ2v) is 8.13. The van der Waals surface area contributed by atoms with Gasteiger partial charge in [-0.25, -0.2) is 4.98 Å². The zero-order valence-corrected chi connectivity index (χ0v) is 18.1. The van der Waals surface area contributed by atoms with Crippen LogP contribution in [0.2, 0.25) is 0 Å². The molecule has 0 saturated carbocycles. The van der Waals surface area contributed by atoms with Crippen molar-refractivity contribution in [3.63, 3.8) is 0 Å². The number of hydrogen-bond acceptors (Lipinski definition) is 4. The van der Waals surface area contributed by atoms with Crippen LogP contribution < -0.4 is 10.6 Å². The van der Waals surface area contributed by atoms with Gasteiger partial charge in [0.1, 0.15) is 5.01 Å². The molecule has 2 aromatic rings. The quantitative estimate of drug-likeness (QED) is 0.347. The lowest BCUT2D eigenvalue weighted by Crippen LogP contribution is -2.37. The van der Waals surface area contributed by atoms with Gasteiger partial charge in [0.15, 0.2) is 5.96 Å². The topological polar surface area (TPSA) is 49.3 Å². The normalized spacial score (nSPS) is 11.1. The molecule has 2 aromatic heterocycles. The Bertz CT molecular complexity index is 597. The van der Waals surface area contributed by atoms with Crippen molar-refractivity contribution in [3.8, 4) is 0 Å². The molecule has 2 rings (SSSR count). The summed E-state index contributed by atoms with van der Waals surface area (Å²) >= 11 is 7.00. The predicted octanol–water partition coefficient (Wildman–Crippen LogP) is 4.06. The van der Waals surface area contributed by atoms with Gasteiger partial charge in [0.05, 0.1) is 10.3 Å². The van der Waals surface area contributed by atoms with E-state index in [-0.39, 0.29) is 24.0 Å². The largest absolute Gasteiger partial charge is 0.356 e. The van der Waals surface area contributed by atoms with Gasteiger partial charge in [-0.1, -0.05) is 6.92 Å². The third-order valence-corrected chi connectivity index (χ3v) is 5.70. The third-order valence-electron chi connectivity index (χ3n) is 2.87. The van der Waals surface area contributed by atoms with Gasteiger partial charge < -0.3 is 10.6 Å². The highest BCUT2D eigenvalue weighted by molar-refractivity contribution is 14.0. The van der Waals surface area contributed by atoms with E-state index in [1.165, 1.54) is 13.5 Å². The first-order valence-corrected chi connectivity index (χ1v) is 9.26. The number of aryl methyl sites for hydroxylation is 1. The van der Waals surface area contributed by atoms with Crippen LogP contribution in [0.25, 0.3) is 0 Å². The second kappa shape index (κ2) is 10.6. The summed E-state index contributed by atoms with van der Waals surface area (Å²) in [4.78, 5) is 11.3. The zero-order valence-electron chi connectivity index (χ0n) is 12.6. The zero-order chi connectivity index (χ0) is 15.1. The molecule has 0 fully saturated rings. The molecule has 0 spiro atoms. The lowest BCUT2D eigenvalue weighted by Gasteiger charge is -2.10. The Morgan fingerprint density at radius 3 is 2.68 bits per heavy atom. The van der Waals surface area contributed by atoms with Gasteiger partial charge in [-0.3, -0.25) is 4.99 Å². The van der Waals surface area contributed by atoms with Gasteiger partial charge >= 0.3 is 0 Å². The Morgan fingerprint density at radius 2 is 2.09 bits per heavy atom. The molecule has 0 amide bonds. The Hall–Kier alpha value is -0.190. The molecule has 0 radical (unpaired) electrons. The number of nitrogens with zero attached hydrogens (tertiary/aromatic N) is 2. The smallest absolute Gasteiger partial charge is 0.191 e. The maximum absolute atomic E-state index is 4.39. The fraction of sp³-hybridized carbons (Fsp3) is 0.429. The van der Waals surface area contributed by atoms with Crippen molar-refractivity contribution in [3.05, 3.63) is 36.9 Å². The van der Waals surface area contributed by atoms with Gasteiger partial charge in [0.25, 0.3) is 0 Å². The summed E-state index contributed by atoms with van der Waals surface area (Å²) in [6.45, 7) is 3.73. The van der Waals surface area contributed by atoms with Crippen molar-refractivity contribution < 1.29 is 0 Å². The van der Waals surface area contributed by atoms with E-state index in [0.717, 1.165) is 36.9 Å². The highest BCUT2D eigenvalue weighted by atomic mass is 127. The number of thiophene rings is 1. The summed E-state index contributed by atoms with van der Waals surface area (Å²) in [5.74, 6) is 0.818. The Morgan fingerprint density at radius 1 is 1.27 bits per heavy atom. The highest BCUT2D eigenvalue weighted by Crippen LogP contribution is 2.22. The fourth-order valence-electron chi connectivity index (χ4n) is 1.76. The summed E-state index contributed by atoms with van der Waals surface area (Å²) in [6, 6.07) is 4.23. The summed E-state index contributed by atoms with van der Waals surface area (Å²) < 4.78 is 1.18. The molecule has 2 heterocycles. The van der Waals surface area contributed by atoms with Crippen LogP contribution in [0.15, 0.2) is 27.1 Å². The summed E-state index contributed by atoms with van der Waals surface area (Å²) in [5, 5.41) is 7.72. The number of guanidine groups is 1. The first-order valence-electron chi connectivity index (χ1n) is 6.83. The van der Waals surface area contributed by atoms with Crippen molar-refractivity contribution >= 4 is 68.5 Å². The minimum absolute atomic E-state index is 0. The number of thiazole rings is 1. The Kier molecular flexibility index (Phi) is 9.53. The summed E-state index contributed by atoms with van der Waals surface area (Å²) in [5.41, 5.74) is 0. The molecule has 22 heavy (non-hydrogen) atoms. The molecule has 0 unspecified atom stereocenters. The molecule has 0 aromatic carbocycles. The fourth-order valence-corrected chi connectivity index (χ4v) is 4.05. The van der Waals surface area contributed by atoms with E-state index in [0.29, 0.717) is 0 Å². The second-order valence-electron chi connectivity index (χ2n) is 4.38. The minimum atomic E-state index is 0. The molecule has 4 nitrogen and oxygen atoms in total. The first kappa shape index (κ1) is 19.9. The van der Waals surface area contributed by atoms with E-state index in [2.05, 4.69) is 55.6 Å². The average molecular weight is 515 g/mol. The lowest BCUT2D eigenvalue weighted by atomic mass is 10.3. The van der Waals surface area contributed by atoms with E-state index < -0.39 is 0 Å². The molecule has 0 atom stereocenters. The van der Waals surface area contributed by atoms with Crippen LogP contribution in [0.5, 0.6) is 0 Å². The van der Waals surface area contributed by atoms with Crippen LogP contribution in [0.4, 0.5) is 0 Å². The van der Waals surface area contributed by atoms with E-state index in [1.807, 2.05) is 6.20 Å². The van der Waals surface area contributed by atoms with Crippen molar-refractivity contribution in [1.82, 2.24) is 15.6 Å². The average Bonchev–Trinajstić information content (AvgIpc) is 3.11. The molecule has 0 aliphatic rings. The van der Waals surface area contributed by atoms with Gasteiger partial charge in [0, 0.05) is 29.5 Å². The molecular weight excluding hydrogens is 495 g/mol. The Balaban J connectivity index is 0.00000242. The van der Waals surface area contributed by atoms with Gasteiger partial charge in [0.2, 0.25) is 0 Å². The van der Waals surface area contributed by atoms with Crippen molar-refractivity contribution in [2.45, 2.75) is 26.3 Å². The van der Waals surface area contributed by atoms with Crippen LogP contribution in [-0.2, 0) is 19.4 Å². The van der Waals surface area contributed by atoms with Gasteiger partial charge in [-0.2, -0.15) is 0 Å². The number of nitrogens with one attached hydrogen (secondary N) is 2. The van der Waals surface area contributed by atoms with Crippen LogP contribution in [0.1, 0.15) is 21.7 Å².